The predicted molar refractivity (Wildman–Crippen MR) is 304 cm³/mol. The first kappa shape index (κ1) is 67.6. The fourth-order valence-corrected chi connectivity index (χ4v) is 9.30. The number of ether oxygens (including phenoxy) is 2. The summed E-state index contributed by atoms with van der Waals surface area (Å²) in [5.41, 5.74) is 0. The fraction of sp³-hybridized carbons (Fsp3) is 0.794. The second kappa shape index (κ2) is 52.1. The third-order valence-electron chi connectivity index (χ3n) is 14.0. The minimum absolute atomic E-state index is 0.183. The SMILES string of the molecule is CC/C=C\C/C=C\C/C=C\C/C=C\C/C=C\CCCCCCCCCCCC(=O)NC(COC1OC(CO)C(O)C(O)C1O)C(O)/C=C/CCCCCCCCCCCCCCCCCCCCCCCC. The number of hydrogen-bond donors (Lipinski definition) is 6. The molecule has 1 fully saturated rings. The second-order valence-corrected chi connectivity index (χ2v) is 20.8. The molecule has 0 aromatic rings. The Kier molecular flexibility index (Phi) is 48.9. The van der Waals surface area contributed by atoms with Crippen LogP contribution in [0.3, 0.4) is 0 Å². The van der Waals surface area contributed by atoms with Crippen molar-refractivity contribution in [2.24, 2.45) is 0 Å². The highest BCUT2D eigenvalue weighted by Crippen LogP contribution is 2.23. The van der Waals surface area contributed by atoms with Gasteiger partial charge in [-0.2, -0.15) is 0 Å². The van der Waals surface area contributed by atoms with Crippen LogP contribution >= 0.6 is 0 Å². The number of allylic oxidation sites excluding steroid dienone is 11. The van der Waals surface area contributed by atoms with Gasteiger partial charge in [-0.3, -0.25) is 4.79 Å². The quantitative estimate of drug-likeness (QED) is 0.0261. The van der Waals surface area contributed by atoms with Gasteiger partial charge in [0, 0.05) is 6.42 Å². The summed E-state index contributed by atoms with van der Waals surface area (Å²) in [7, 11) is 0. The lowest BCUT2D eigenvalue weighted by atomic mass is 9.99. The molecule has 9 nitrogen and oxygen atoms in total. The minimum Gasteiger partial charge on any atom is -0.394 e. The molecule has 0 bridgehead atoms. The molecule has 1 heterocycles. The van der Waals surface area contributed by atoms with Crippen LogP contribution in [0.4, 0.5) is 0 Å². The maximum atomic E-state index is 13.1. The van der Waals surface area contributed by atoms with E-state index in [1.165, 1.54) is 161 Å². The van der Waals surface area contributed by atoms with E-state index in [1.807, 2.05) is 6.08 Å². The lowest BCUT2D eigenvalue weighted by Gasteiger charge is -2.40. The molecule has 418 valence electrons. The highest BCUT2D eigenvalue weighted by Gasteiger charge is 2.44. The lowest BCUT2D eigenvalue weighted by Crippen LogP contribution is -2.60. The Morgan fingerprint density at radius 2 is 0.861 bits per heavy atom. The van der Waals surface area contributed by atoms with E-state index in [0.29, 0.717) is 6.42 Å². The molecule has 1 saturated heterocycles. The van der Waals surface area contributed by atoms with Gasteiger partial charge in [0.2, 0.25) is 5.91 Å². The van der Waals surface area contributed by atoms with E-state index < -0.39 is 49.5 Å². The largest absolute Gasteiger partial charge is 0.394 e. The molecule has 1 aliphatic rings. The first-order valence-electron chi connectivity index (χ1n) is 30.2. The first-order chi connectivity index (χ1) is 35.3. The maximum Gasteiger partial charge on any atom is 0.220 e. The topological polar surface area (TPSA) is 149 Å². The summed E-state index contributed by atoms with van der Waals surface area (Å²) < 4.78 is 11.3. The van der Waals surface area contributed by atoms with Gasteiger partial charge in [0.05, 0.1) is 25.4 Å². The second-order valence-electron chi connectivity index (χ2n) is 20.8. The molecule has 1 amide bonds. The summed E-state index contributed by atoms with van der Waals surface area (Å²) in [6.45, 7) is 3.68. The summed E-state index contributed by atoms with van der Waals surface area (Å²) >= 11 is 0. The molecule has 7 atom stereocenters. The van der Waals surface area contributed by atoms with Gasteiger partial charge >= 0.3 is 0 Å². The van der Waals surface area contributed by atoms with E-state index in [-0.39, 0.29) is 12.5 Å². The molecule has 0 aliphatic carbocycles. The van der Waals surface area contributed by atoms with Crippen molar-refractivity contribution in [3.05, 3.63) is 72.9 Å². The van der Waals surface area contributed by atoms with E-state index in [9.17, 15) is 30.3 Å². The third-order valence-corrected chi connectivity index (χ3v) is 14.0. The molecule has 0 saturated carbocycles. The number of aliphatic hydroxyl groups is 5. The third kappa shape index (κ3) is 40.9. The Morgan fingerprint density at radius 1 is 0.486 bits per heavy atom. The van der Waals surface area contributed by atoms with E-state index in [1.54, 1.807) is 6.08 Å². The van der Waals surface area contributed by atoms with Crippen LogP contribution in [0.15, 0.2) is 72.9 Å². The fourth-order valence-electron chi connectivity index (χ4n) is 9.30. The van der Waals surface area contributed by atoms with Gasteiger partial charge in [0.15, 0.2) is 6.29 Å². The van der Waals surface area contributed by atoms with Crippen molar-refractivity contribution in [3.8, 4) is 0 Å². The van der Waals surface area contributed by atoms with Gasteiger partial charge in [-0.05, 0) is 64.2 Å². The zero-order chi connectivity index (χ0) is 52.2. The minimum atomic E-state index is -1.57. The normalized spacial score (nSPS) is 19.7. The molecule has 1 aliphatic heterocycles. The van der Waals surface area contributed by atoms with Gasteiger partial charge in [0.1, 0.15) is 24.4 Å². The van der Waals surface area contributed by atoms with Crippen LogP contribution in [0, 0.1) is 0 Å². The molecule has 7 unspecified atom stereocenters. The number of rotatable bonds is 51. The van der Waals surface area contributed by atoms with Crippen LogP contribution in [0.25, 0.3) is 0 Å². The summed E-state index contributed by atoms with van der Waals surface area (Å²) in [6, 6.07) is -0.813. The van der Waals surface area contributed by atoms with Gasteiger partial charge in [-0.1, -0.05) is 267 Å². The highest BCUT2D eigenvalue weighted by molar-refractivity contribution is 5.76. The monoisotopic (exact) mass is 1010 g/mol. The lowest BCUT2D eigenvalue weighted by molar-refractivity contribution is -0.302. The average molecular weight is 1010 g/mol. The van der Waals surface area contributed by atoms with Crippen molar-refractivity contribution < 1.29 is 39.8 Å². The zero-order valence-electron chi connectivity index (χ0n) is 46.4. The van der Waals surface area contributed by atoms with Gasteiger partial charge in [0.25, 0.3) is 0 Å². The molecule has 1 rings (SSSR count). The van der Waals surface area contributed by atoms with Crippen LogP contribution in [-0.4, -0.2) is 87.5 Å². The number of nitrogens with one attached hydrogen (secondary N) is 1. The molecule has 0 aromatic heterocycles. The zero-order valence-corrected chi connectivity index (χ0v) is 46.4. The number of aliphatic hydroxyl groups excluding tert-OH is 5. The van der Waals surface area contributed by atoms with E-state index in [0.717, 1.165) is 83.5 Å². The number of carbonyl (C=O) groups excluding carboxylic acids is 1. The predicted octanol–water partition coefficient (Wildman–Crippen LogP) is 15.2. The molecule has 9 heteroatoms. The van der Waals surface area contributed by atoms with Crippen LogP contribution in [0.2, 0.25) is 0 Å². The van der Waals surface area contributed by atoms with Crippen molar-refractivity contribution in [2.75, 3.05) is 13.2 Å². The standard InChI is InChI=1S/C63H113NO8/c1-3-5-7-9-11-13-15-17-19-21-23-25-27-29-31-33-35-37-39-41-43-45-47-49-51-53-59(67)64-56(55-71-63-62(70)61(69)60(68)58(54-65)72-63)57(66)52-50-48-46-44-42-40-38-36-34-32-30-28-26-24-22-20-18-16-14-12-10-8-6-4-2/h5,7,11,13,17,19,23,25,29,31,50,52,56-58,60-63,65-66,68-70H,3-4,6,8-10,12,14-16,18,20-22,24,26-28,30,32-49,51,53-55H2,1-2H3,(H,64,67)/b7-5-,13-11-,19-17-,25-23-,31-29-,52-50+. The Bertz CT molecular complexity index is 1360. The number of carbonyl (C=O) groups is 1. The van der Waals surface area contributed by atoms with E-state index in [4.69, 9.17) is 9.47 Å². The summed E-state index contributed by atoms with van der Waals surface area (Å²) in [5, 5.41) is 54.6. The average Bonchev–Trinajstić information content (AvgIpc) is 3.38. The van der Waals surface area contributed by atoms with Crippen LogP contribution in [0.1, 0.15) is 264 Å². The number of amides is 1. The molecule has 0 spiro atoms. The Balaban J connectivity index is 2.23. The Morgan fingerprint density at radius 3 is 1.28 bits per heavy atom. The summed E-state index contributed by atoms with van der Waals surface area (Å²) in [4.78, 5) is 13.1. The first-order valence-corrected chi connectivity index (χ1v) is 30.2. The van der Waals surface area contributed by atoms with Crippen LogP contribution in [0.5, 0.6) is 0 Å². The van der Waals surface area contributed by atoms with E-state index in [2.05, 4.69) is 79.9 Å². The highest BCUT2D eigenvalue weighted by atomic mass is 16.7. The summed E-state index contributed by atoms with van der Waals surface area (Å²) in [5.74, 6) is -0.183. The molecule has 6 N–H and O–H groups in total. The summed E-state index contributed by atoms with van der Waals surface area (Å²) in [6.07, 6.45) is 65.3. The Labute approximate surface area is 442 Å². The van der Waals surface area contributed by atoms with Crippen LogP contribution < -0.4 is 5.32 Å². The van der Waals surface area contributed by atoms with Crippen molar-refractivity contribution >= 4 is 5.91 Å². The van der Waals surface area contributed by atoms with Crippen molar-refractivity contribution in [1.82, 2.24) is 5.32 Å². The maximum absolute atomic E-state index is 13.1. The number of hydrogen-bond acceptors (Lipinski definition) is 8. The van der Waals surface area contributed by atoms with Gasteiger partial charge in [-0.15, -0.1) is 0 Å². The van der Waals surface area contributed by atoms with Gasteiger partial charge < -0.3 is 40.3 Å². The van der Waals surface area contributed by atoms with Crippen molar-refractivity contribution in [2.45, 2.75) is 307 Å². The van der Waals surface area contributed by atoms with E-state index >= 15 is 0 Å². The molecular formula is C63H113NO8. The smallest absolute Gasteiger partial charge is 0.220 e. The Hall–Kier alpha value is -2.37. The van der Waals surface area contributed by atoms with Crippen LogP contribution in [-0.2, 0) is 14.3 Å². The molecular weight excluding hydrogens is 899 g/mol. The van der Waals surface area contributed by atoms with Crippen molar-refractivity contribution in [1.29, 1.82) is 0 Å². The van der Waals surface area contributed by atoms with Gasteiger partial charge in [-0.25, -0.2) is 0 Å². The van der Waals surface area contributed by atoms with Crippen molar-refractivity contribution in [3.63, 3.8) is 0 Å². The molecule has 72 heavy (non-hydrogen) atoms. The molecule has 0 aromatic carbocycles. The molecule has 0 radical (unpaired) electrons. The number of unbranched alkanes of at least 4 members (excludes halogenated alkanes) is 31.